The summed E-state index contributed by atoms with van der Waals surface area (Å²) in [6.07, 6.45) is 3.35. The Kier molecular flexibility index (Phi) is 4.95. The van der Waals surface area contributed by atoms with E-state index < -0.39 is 0 Å². The normalized spacial score (nSPS) is 26.5. The number of piperidine rings is 1. The topological polar surface area (TPSA) is 49.3 Å². The maximum absolute atomic E-state index is 12.2. The van der Waals surface area contributed by atoms with Crippen LogP contribution < -0.4 is 0 Å². The molecule has 1 amide bonds. The van der Waals surface area contributed by atoms with Gasteiger partial charge in [-0.3, -0.25) is 4.79 Å². The molecule has 24 heavy (non-hydrogen) atoms. The van der Waals surface area contributed by atoms with Gasteiger partial charge in [0.2, 0.25) is 5.91 Å². The number of amides is 1. The maximum atomic E-state index is 12.2. The molecule has 0 radical (unpaired) electrons. The van der Waals surface area contributed by atoms with Crippen LogP contribution in [-0.4, -0.2) is 69.9 Å². The quantitative estimate of drug-likeness (QED) is 0.453. The van der Waals surface area contributed by atoms with Crippen molar-refractivity contribution in [2.24, 2.45) is 0 Å². The van der Waals surface area contributed by atoms with Gasteiger partial charge < -0.3 is 9.80 Å². The van der Waals surface area contributed by atoms with Gasteiger partial charge in [0.05, 0.1) is 5.75 Å². The lowest BCUT2D eigenvalue weighted by Gasteiger charge is -2.31. The first-order chi connectivity index (χ1) is 11.6. The van der Waals surface area contributed by atoms with Crippen molar-refractivity contribution in [3.8, 4) is 0 Å². The lowest BCUT2D eigenvalue weighted by molar-refractivity contribution is -0.127. The monoisotopic (exact) mass is 384 g/mol. The number of aromatic nitrogens is 2. The van der Waals surface area contributed by atoms with Gasteiger partial charge in [0.25, 0.3) is 0 Å². The van der Waals surface area contributed by atoms with E-state index in [1.165, 1.54) is 11.8 Å². The van der Waals surface area contributed by atoms with Crippen LogP contribution in [0.4, 0.5) is 0 Å². The van der Waals surface area contributed by atoms with Gasteiger partial charge in [0.1, 0.15) is 10.2 Å². The summed E-state index contributed by atoms with van der Waals surface area (Å²) < 4.78 is 0. The molecule has 2 unspecified atom stereocenters. The molecule has 0 bridgehead atoms. The molecule has 1 aromatic heterocycles. The lowest BCUT2D eigenvalue weighted by Crippen LogP contribution is -2.36. The Morgan fingerprint density at radius 3 is 2.92 bits per heavy atom. The van der Waals surface area contributed by atoms with Crippen molar-refractivity contribution in [1.29, 1.82) is 0 Å². The highest BCUT2D eigenvalue weighted by Gasteiger charge is 2.40. The summed E-state index contributed by atoms with van der Waals surface area (Å²) >= 11 is 9.72. The zero-order valence-electron chi connectivity index (χ0n) is 13.7. The van der Waals surface area contributed by atoms with Crippen molar-refractivity contribution in [2.45, 2.75) is 40.6 Å². The van der Waals surface area contributed by atoms with E-state index in [0.717, 1.165) is 56.0 Å². The Balaban J connectivity index is 1.46. The molecular weight excluding hydrogens is 364 g/mol. The third-order valence-electron chi connectivity index (χ3n) is 5.02. The van der Waals surface area contributed by atoms with Crippen molar-refractivity contribution < 1.29 is 4.79 Å². The Labute approximate surface area is 155 Å². The van der Waals surface area contributed by atoms with Crippen molar-refractivity contribution in [2.75, 3.05) is 39.0 Å². The van der Waals surface area contributed by atoms with Crippen LogP contribution >= 0.6 is 35.1 Å². The molecular formula is C16H21ClN4OS2. The van der Waals surface area contributed by atoms with Crippen molar-refractivity contribution in [3.63, 3.8) is 0 Å². The van der Waals surface area contributed by atoms with Gasteiger partial charge in [-0.2, -0.15) is 0 Å². The summed E-state index contributed by atoms with van der Waals surface area (Å²) in [6.45, 7) is 3.94. The van der Waals surface area contributed by atoms with Crippen LogP contribution in [0.3, 0.4) is 0 Å². The smallest absolute Gasteiger partial charge is 0.233 e. The minimum absolute atomic E-state index is 0.181. The first kappa shape index (κ1) is 16.9. The third-order valence-corrected chi connectivity index (χ3v) is 7.46. The van der Waals surface area contributed by atoms with Crippen LogP contribution in [0.25, 0.3) is 0 Å². The molecule has 3 aliphatic heterocycles. The predicted octanol–water partition coefficient (Wildman–Crippen LogP) is 2.74. The SMILES string of the molecule is CN1CCC2c3c(Cl)nc(SCC(=O)N4CCCC4)nc3SC2C1. The number of fused-ring (bicyclic) bond motifs is 3. The lowest BCUT2D eigenvalue weighted by atomic mass is 9.91. The molecule has 2 fully saturated rings. The predicted molar refractivity (Wildman–Crippen MR) is 98.1 cm³/mol. The second-order valence-corrected chi connectivity index (χ2v) is 9.23. The molecule has 2 saturated heterocycles. The highest BCUT2D eigenvalue weighted by molar-refractivity contribution is 8.00. The molecule has 3 aliphatic rings. The maximum Gasteiger partial charge on any atom is 0.233 e. The van der Waals surface area contributed by atoms with E-state index in [2.05, 4.69) is 16.9 Å². The first-order valence-corrected chi connectivity index (χ1v) is 10.7. The molecule has 1 aromatic rings. The summed E-state index contributed by atoms with van der Waals surface area (Å²) in [5.74, 6) is 1.05. The van der Waals surface area contributed by atoms with E-state index in [0.29, 0.717) is 27.2 Å². The molecule has 0 aromatic carbocycles. The summed E-state index contributed by atoms with van der Waals surface area (Å²) in [6, 6.07) is 0. The molecule has 0 N–H and O–H groups in total. The standard InChI is InChI=1S/C16H21ClN4OS2/c1-20-7-4-10-11(8-20)24-15-13(10)14(17)18-16(19-15)23-9-12(22)21-5-2-3-6-21/h10-11H,2-9H2,1H3. The number of rotatable bonds is 3. The zero-order chi connectivity index (χ0) is 16.7. The number of likely N-dealkylation sites (tertiary alicyclic amines) is 2. The van der Waals surface area contributed by atoms with Crippen molar-refractivity contribution in [3.05, 3.63) is 10.7 Å². The van der Waals surface area contributed by atoms with Gasteiger partial charge in [-0.1, -0.05) is 23.4 Å². The average molecular weight is 385 g/mol. The van der Waals surface area contributed by atoms with E-state index >= 15 is 0 Å². The number of hydrogen-bond acceptors (Lipinski definition) is 6. The highest BCUT2D eigenvalue weighted by Crippen LogP contribution is 2.50. The Morgan fingerprint density at radius 1 is 1.33 bits per heavy atom. The van der Waals surface area contributed by atoms with Crippen LogP contribution in [0.2, 0.25) is 5.15 Å². The van der Waals surface area contributed by atoms with Crippen LogP contribution in [0, 0.1) is 0 Å². The van der Waals surface area contributed by atoms with Crippen molar-refractivity contribution >= 4 is 41.0 Å². The molecule has 130 valence electrons. The number of halogens is 1. The Bertz CT molecular complexity index is 653. The van der Waals surface area contributed by atoms with Gasteiger partial charge in [0.15, 0.2) is 5.16 Å². The van der Waals surface area contributed by atoms with Gasteiger partial charge in [-0.05, 0) is 32.9 Å². The largest absolute Gasteiger partial charge is 0.342 e. The summed E-state index contributed by atoms with van der Waals surface area (Å²) in [5.41, 5.74) is 1.13. The molecule has 0 aliphatic carbocycles. The van der Waals surface area contributed by atoms with E-state index in [1.807, 2.05) is 16.7 Å². The number of carbonyl (C=O) groups is 1. The van der Waals surface area contributed by atoms with E-state index in [9.17, 15) is 4.79 Å². The van der Waals surface area contributed by atoms with E-state index in [-0.39, 0.29) is 5.91 Å². The summed E-state index contributed by atoms with van der Waals surface area (Å²) in [5, 5.41) is 2.76. The first-order valence-electron chi connectivity index (χ1n) is 8.45. The molecule has 5 nitrogen and oxygen atoms in total. The van der Waals surface area contributed by atoms with E-state index in [4.69, 9.17) is 16.6 Å². The summed E-state index contributed by atoms with van der Waals surface area (Å²) in [7, 11) is 2.16. The van der Waals surface area contributed by atoms with Gasteiger partial charge in [-0.15, -0.1) is 11.8 Å². The van der Waals surface area contributed by atoms with Gasteiger partial charge in [-0.25, -0.2) is 9.97 Å². The minimum atomic E-state index is 0.181. The minimum Gasteiger partial charge on any atom is -0.342 e. The molecule has 4 heterocycles. The summed E-state index contributed by atoms with van der Waals surface area (Å²) in [4.78, 5) is 25.7. The van der Waals surface area contributed by atoms with Crippen molar-refractivity contribution in [1.82, 2.24) is 19.8 Å². The van der Waals surface area contributed by atoms with Gasteiger partial charge in [0, 0.05) is 36.4 Å². The van der Waals surface area contributed by atoms with Crippen LogP contribution in [0.1, 0.15) is 30.7 Å². The molecule has 8 heteroatoms. The zero-order valence-corrected chi connectivity index (χ0v) is 16.1. The van der Waals surface area contributed by atoms with Crippen LogP contribution in [0.5, 0.6) is 0 Å². The van der Waals surface area contributed by atoms with Gasteiger partial charge >= 0.3 is 0 Å². The molecule has 0 spiro atoms. The third kappa shape index (κ3) is 3.28. The highest BCUT2D eigenvalue weighted by atomic mass is 35.5. The number of thioether (sulfide) groups is 2. The van der Waals surface area contributed by atoms with Crippen LogP contribution in [0.15, 0.2) is 10.2 Å². The number of carbonyl (C=O) groups excluding carboxylic acids is 1. The molecule has 0 saturated carbocycles. The van der Waals surface area contributed by atoms with Crippen LogP contribution in [-0.2, 0) is 4.79 Å². The Hall–Kier alpha value is -0.500. The number of hydrogen-bond donors (Lipinski definition) is 0. The number of nitrogens with zero attached hydrogens (tertiary/aromatic N) is 4. The van der Waals surface area contributed by atoms with E-state index in [1.54, 1.807) is 0 Å². The Morgan fingerprint density at radius 2 is 2.12 bits per heavy atom. The second kappa shape index (κ2) is 7.02. The average Bonchev–Trinajstić information content (AvgIpc) is 3.19. The second-order valence-electron chi connectivity index (χ2n) is 6.71. The fourth-order valence-electron chi connectivity index (χ4n) is 3.72. The fraction of sp³-hybridized carbons (Fsp3) is 0.688. The fourth-order valence-corrected chi connectivity index (χ4v) is 6.51. The molecule has 4 rings (SSSR count). The molecule has 2 atom stereocenters.